The van der Waals surface area contributed by atoms with Crippen LogP contribution in [0.25, 0.3) is 17.2 Å². The van der Waals surface area contributed by atoms with Gasteiger partial charge in [0.05, 0.1) is 10.7 Å². The number of nitrogens with zero attached hydrogens (tertiary/aromatic N) is 1. The van der Waals surface area contributed by atoms with Crippen LogP contribution in [0.1, 0.15) is 23.6 Å². The average molecular weight is 405 g/mol. The molecular formula is C24H14F3NS. The predicted octanol–water partition coefficient (Wildman–Crippen LogP) is 6.94. The summed E-state index contributed by atoms with van der Waals surface area (Å²) in [5.74, 6) is 3.65. The Morgan fingerprint density at radius 1 is 0.828 bits per heavy atom. The number of hydrogen-bond acceptors (Lipinski definition) is 2. The molecule has 29 heavy (non-hydrogen) atoms. The lowest BCUT2D eigenvalue weighted by Gasteiger charge is -2.05. The van der Waals surface area contributed by atoms with Crippen LogP contribution in [-0.2, 0) is 0 Å². The minimum atomic E-state index is -0.821. The van der Waals surface area contributed by atoms with Gasteiger partial charge >= 0.3 is 0 Å². The molecule has 0 saturated carbocycles. The van der Waals surface area contributed by atoms with Crippen molar-refractivity contribution in [3.05, 3.63) is 94.8 Å². The Labute approximate surface area is 172 Å². The van der Waals surface area contributed by atoms with Crippen molar-refractivity contribution < 1.29 is 13.2 Å². The van der Waals surface area contributed by atoms with Gasteiger partial charge in [-0.1, -0.05) is 42.2 Å². The monoisotopic (exact) mass is 405 g/mol. The fourth-order valence-electron chi connectivity index (χ4n) is 2.70. The van der Waals surface area contributed by atoms with Crippen LogP contribution >= 0.6 is 12.2 Å². The third-order valence-corrected chi connectivity index (χ3v) is 4.18. The molecule has 0 spiro atoms. The second kappa shape index (κ2) is 9.16. The molecule has 0 heterocycles. The topological polar surface area (TPSA) is 12.4 Å². The highest BCUT2D eigenvalue weighted by Crippen LogP contribution is 2.29. The van der Waals surface area contributed by atoms with Gasteiger partial charge < -0.3 is 0 Å². The van der Waals surface area contributed by atoms with Gasteiger partial charge in [-0.3, -0.25) is 0 Å². The summed E-state index contributed by atoms with van der Waals surface area (Å²) in [6.07, 6.45) is 3.64. The van der Waals surface area contributed by atoms with Gasteiger partial charge in [-0.2, -0.15) is 4.99 Å². The molecule has 0 bridgehead atoms. The lowest BCUT2D eigenvalue weighted by Crippen LogP contribution is -1.87. The van der Waals surface area contributed by atoms with E-state index in [-0.39, 0.29) is 0 Å². The van der Waals surface area contributed by atoms with Crippen LogP contribution in [0.4, 0.5) is 18.9 Å². The molecule has 142 valence electrons. The number of rotatable bonds is 3. The van der Waals surface area contributed by atoms with Gasteiger partial charge in [0, 0.05) is 5.56 Å². The first-order chi connectivity index (χ1) is 14.0. The number of hydrogen-bond donors (Lipinski definition) is 0. The van der Waals surface area contributed by atoms with Crippen molar-refractivity contribution >= 4 is 29.1 Å². The van der Waals surface area contributed by atoms with Crippen LogP contribution in [0.15, 0.2) is 65.7 Å². The third-order valence-electron chi connectivity index (χ3n) is 4.09. The van der Waals surface area contributed by atoms with E-state index in [1.54, 1.807) is 42.5 Å². The summed E-state index contributed by atoms with van der Waals surface area (Å²) in [5, 5.41) is 1.96. The zero-order chi connectivity index (χ0) is 20.8. The van der Waals surface area contributed by atoms with Gasteiger partial charge in [-0.05, 0) is 72.2 Å². The van der Waals surface area contributed by atoms with Crippen molar-refractivity contribution in [2.24, 2.45) is 4.99 Å². The van der Waals surface area contributed by atoms with E-state index in [9.17, 15) is 13.2 Å². The van der Waals surface area contributed by atoms with Gasteiger partial charge in [-0.25, -0.2) is 13.2 Å². The molecule has 0 fully saturated rings. The zero-order valence-electron chi connectivity index (χ0n) is 15.3. The minimum Gasteiger partial charge on any atom is -0.206 e. The molecule has 3 aromatic rings. The molecule has 0 radical (unpaired) electrons. The van der Waals surface area contributed by atoms with Crippen LogP contribution in [0.2, 0.25) is 0 Å². The Hall–Kier alpha value is -3.45. The SMILES string of the molecule is C/C=C/c1ccc(C#Cc2ccc(-c3cc(F)c(N=C=S)c(F)c3)cc2)c(F)c1. The Morgan fingerprint density at radius 2 is 1.52 bits per heavy atom. The molecule has 3 rings (SSSR count). The van der Waals surface area contributed by atoms with Crippen LogP contribution in [0.3, 0.4) is 0 Å². The summed E-state index contributed by atoms with van der Waals surface area (Å²) in [5.41, 5.74) is 2.20. The number of thiocarbonyl (C=S) groups is 1. The lowest BCUT2D eigenvalue weighted by molar-refractivity contribution is 0.588. The molecule has 0 aliphatic heterocycles. The van der Waals surface area contributed by atoms with Crippen molar-refractivity contribution in [2.45, 2.75) is 6.92 Å². The zero-order valence-corrected chi connectivity index (χ0v) is 16.2. The fourth-order valence-corrected chi connectivity index (χ4v) is 2.79. The second-order valence-corrected chi connectivity index (χ2v) is 6.24. The normalized spacial score (nSPS) is 10.3. The van der Waals surface area contributed by atoms with Crippen molar-refractivity contribution in [1.82, 2.24) is 0 Å². The fraction of sp³-hybridized carbons (Fsp3) is 0.0417. The number of isothiocyanates is 1. The Kier molecular flexibility index (Phi) is 6.41. The quantitative estimate of drug-likeness (QED) is 0.261. The molecule has 0 amide bonds. The first-order valence-electron chi connectivity index (χ1n) is 8.63. The number of halogens is 3. The summed E-state index contributed by atoms with van der Waals surface area (Å²) >= 11 is 4.39. The van der Waals surface area contributed by atoms with Crippen LogP contribution in [-0.4, -0.2) is 5.16 Å². The van der Waals surface area contributed by atoms with E-state index in [2.05, 4.69) is 29.1 Å². The highest BCUT2D eigenvalue weighted by atomic mass is 32.1. The molecule has 0 aliphatic carbocycles. The number of allylic oxidation sites excluding steroid dienone is 1. The Morgan fingerprint density at radius 3 is 2.10 bits per heavy atom. The van der Waals surface area contributed by atoms with Gasteiger partial charge in [0.15, 0.2) is 11.6 Å². The van der Waals surface area contributed by atoms with E-state index in [4.69, 9.17) is 0 Å². The van der Waals surface area contributed by atoms with E-state index in [0.717, 1.165) is 5.56 Å². The molecule has 3 aromatic carbocycles. The van der Waals surface area contributed by atoms with Gasteiger partial charge in [0.25, 0.3) is 0 Å². The standard InChI is InChI=1S/C24H14F3NS/c1-2-3-17-7-11-19(21(25)12-17)10-6-16-4-8-18(9-5-16)20-13-22(26)24(28-15-29)23(27)14-20/h2-5,7-9,11-14H,1H3/b3-2+. The van der Waals surface area contributed by atoms with Gasteiger partial charge in [-0.15, -0.1) is 0 Å². The molecular weight excluding hydrogens is 391 g/mol. The molecule has 0 unspecified atom stereocenters. The van der Waals surface area contributed by atoms with E-state index >= 15 is 0 Å². The second-order valence-electron chi connectivity index (χ2n) is 6.06. The highest BCUT2D eigenvalue weighted by Gasteiger charge is 2.11. The number of aliphatic imine (C=N–C) groups is 1. The van der Waals surface area contributed by atoms with E-state index in [1.807, 2.05) is 18.2 Å². The highest BCUT2D eigenvalue weighted by molar-refractivity contribution is 7.78. The maximum absolute atomic E-state index is 14.1. The van der Waals surface area contributed by atoms with Crippen molar-refractivity contribution in [3.63, 3.8) is 0 Å². The maximum atomic E-state index is 14.1. The molecule has 0 aromatic heterocycles. The minimum absolute atomic E-state index is 0.293. The summed E-state index contributed by atoms with van der Waals surface area (Å²) in [6, 6.07) is 14.0. The summed E-state index contributed by atoms with van der Waals surface area (Å²) in [6.45, 7) is 1.86. The molecule has 1 nitrogen and oxygen atoms in total. The van der Waals surface area contributed by atoms with Crippen molar-refractivity contribution in [2.75, 3.05) is 0 Å². The van der Waals surface area contributed by atoms with Crippen LogP contribution in [0.5, 0.6) is 0 Å². The summed E-state index contributed by atoms with van der Waals surface area (Å²) in [4.78, 5) is 3.39. The largest absolute Gasteiger partial charge is 0.206 e. The lowest BCUT2D eigenvalue weighted by atomic mass is 10.0. The van der Waals surface area contributed by atoms with E-state index < -0.39 is 23.1 Å². The molecule has 0 saturated heterocycles. The predicted molar refractivity (Wildman–Crippen MR) is 114 cm³/mol. The molecule has 0 atom stereocenters. The van der Waals surface area contributed by atoms with Gasteiger partial charge in [0.1, 0.15) is 11.5 Å². The first kappa shape index (κ1) is 20.3. The Balaban J connectivity index is 1.85. The van der Waals surface area contributed by atoms with Crippen molar-refractivity contribution in [1.29, 1.82) is 0 Å². The van der Waals surface area contributed by atoms with Crippen LogP contribution in [0, 0.1) is 29.3 Å². The van der Waals surface area contributed by atoms with E-state index in [1.165, 1.54) is 18.2 Å². The van der Waals surface area contributed by atoms with E-state index in [0.29, 0.717) is 22.3 Å². The third kappa shape index (κ3) is 4.89. The average Bonchev–Trinajstić information content (AvgIpc) is 2.70. The Bertz CT molecular complexity index is 1170. The first-order valence-corrected chi connectivity index (χ1v) is 9.04. The molecule has 0 N–H and O–H groups in total. The molecule has 0 aliphatic rings. The van der Waals surface area contributed by atoms with Crippen molar-refractivity contribution in [3.8, 4) is 23.0 Å². The summed E-state index contributed by atoms with van der Waals surface area (Å²) in [7, 11) is 0. The number of benzene rings is 3. The van der Waals surface area contributed by atoms with Crippen LogP contribution < -0.4 is 0 Å². The molecule has 5 heteroatoms. The smallest absolute Gasteiger partial charge is 0.153 e. The summed E-state index contributed by atoms with van der Waals surface area (Å²) < 4.78 is 42.1. The van der Waals surface area contributed by atoms with Gasteiger partial charge in [0.2, 0.25) is 0 Å². The maximum Gasteiger partial charge on any atom is 0.153 e.